The van der Waals surface area contributed by atoms with Gasteiger partial charge < -0.3 is 19.9 Å². The van der Waals surface area contributed by atoms with Gasteiger partial charge in [0.15, 0.2) is 0 Å². The van der Waals surface area contributed by atoms with Crippen molar-refractivity contribution in [2.75, 3.05) is 33.5 Å². The maximum atomic E-state index is 8.74. The highest BCUT2D eigenvalue weighted by Gasteiger charge is 2.07. The lowest BCUT2D eigenvalue weighted by molar-refractivity contribution is 0.199. The van der Waals surface area contributed by atoms with Crippen molar-refractivity contribution in [3.63, 3.8) is 0 Å². The Bertz CT molecular complexity index is 374. The van der Waals surface area contributed by atoms with Crippen molar-refractivity contribution in [1.82, 2.24) is 5.32 Å². The Morgan fingerprint density at radius 2 is 2.05 bits per heavy atom. The van der Waals surface area contributed by atoms with Crippen LogP contribution < -0.4 is 10.1 Å². The van der Waals surface area contributed by atoms with Gasteiger partial charge in [-0.05, 0) is 41.3 Å². The Hall–Kier alpha value is -0.620. The molecule has 20 heavy (non-hydrogen) atoms. The molecule has 0 aliphatic rings. The van der Waals surface area contributed by atoms with Crippen molar-refractivity contribution >= 4 is 15.9 Å². The number of hydrogen-bond acceptors (Lipinski definition) is 4. The first-order valence-corrected chi connectivity index (χ1v) is 7.79. The number of methoxy groups -OCH3 is 1. The fraction of sp³-hybridized carbons (Fsp3) is 0.600. The Morgan fingerprint density at radius 1 is 1.20 bits per heavy atom. The third-order valence-electron chi connectivity index (χ3n) is 2.90. The molecule has 0 amide bonds. The summed E-state index contributed by atoms with van der Waals surface area (Å²) in [6.07, 6.45) is 2.78. The van der Waals surface area contributed by atoms with E-state index in [2.05, 4.69) is 27.3 Å². The molecule has 0 unspecified atom stereocenters. The van der Waals surface area contributed by atoms with Crippen LogP contribution in [-0.2, 0) is 11.3 Å². The molecule has 0 aromatic heterocycles. The molecule has 0 bridgehead atoms. The van der Waals surface area contributed by atoms with Crippen LogP contribution in [0.1, 0.15) is 24.8 Å². The van der Waals surface area contributed by atoms with Crippen LogP contribution in [-0.4, -0.2) is 38.6 Å². The van der Waals surface area contributed by atoms with E-state index in [0.29, 0.717) is 13.2 Å². The average molecular weight is 346 g/mol. The number of rotatable bonds is 11. The van der Waals surface area contributed by atoms with Gasteiger partial charge in [0.05, 0.1) is 17.7 Å². The van der Waals surface area contributed by atoms with Gasteiger partial charge in [-0.1, -0.05) is 12.1 Å². The van der Waals surface area contributed by atoms with Crippen molar-refractivity contribution in [3.05, 3.63) is 28.2 Å². The minimum atomic E-state index is 0.254. The molecule has 114 valence electrons. The first kappa shape index (κ1) is 17.4. The molecule has 0 spiro atoms. The molecule has 1 rings (SSSR count). The van der Waals surface area contributed by atoms with Gasteiger partial charge in [-0.25, -0.2) is 0 Å². The van der Waals surface area contributed by atoms with E-state index < -0.39 is 0 Å². The van der Waals surface area contributed by atoms with Crippen LogP contribution in [0.5, 0.6) is 5.75 Å². The summed E-state index contributed by atoms with van der Waals surface area (Å²) >= 11 is 3.54. The van der Waals surface area contributed by atoms with E-state index in [4.69, 9.17) is 14.6 Å². The highest BCUT2D eigenvalue weighted by molar-refractivity contribution is 9.10. The molecule has 2 N–H and O–H groups in total. The molecule has 0 atom stereocenters. The molecule has 0 radical (unpaired) electrons. The zero-order valence-electron chi connectivity index (χ0n) is 12.0. The summed E-state index contributed by atoms with van der Waals surface area (Å²) in [6, 6.07) is 6.06. The average Bonchev–Trinajstić information content (AvgIpc) is 2.45. The third kappa shape index (κ3) is 6.70. The van der Waals surface area contributed by atoms with Crippen molar-refractivity contribution in [3.8, 4) is 5.75 Å². The number of halogens is 1. The number of aliphatic hydroxyl groups excluding tert-OH is 1. The highest BCUT2D eigenvalue weighted by atomic mass is 79.9. The molecule has 0 aliphatic carbocycles. The first-order valence-electron chi connectivity index (χ1n) is 7.00. The zero-order valence-corrected chi connectivity index (χ0v) is 13.6. The Kier molecular flexibility index (Phi) is 9.66. The number of para-hydroxylation sites is 1. The van der Waals surface area contributed by atoms with Gasteiger partial charge in [0.2, 0.25) is 0 Å². The maximum absolute atomic E-state index is 8.74. The van der Waals surface area contributed by atoms with Gasteiger partial charge in [0, 0.05) is 32.4 Å². The largest absolute Gasteiger partial charge is 0.492 e. The van der Waals surface area contributed by atoms with Crippen LogP contribution in [0.2, 0.25) is 0 Å². The quantitative estimate of drug-likeness (QED) is 0.605. The van der Waals surface area contributed by atoms with E-state index in [1.54, 1.807) is 7.11 Å². The lowest BCUT2D eigenvalue weighted by Gasteiger charge is -2.14. The van der Waals surface area contributed by atoms with Crippen LogP contribution in [0.15, 0.2) is 22.7 Å². The molecule has 0 saturated heterocycles. The summed E-state index contributed by atoms with van der Waals surface area (Å²) in [4.78, 5) is 0. The molecule has 1 aromatic rings. The van der Waals surface area contributed by atoms with Crippen LogP contribution in [0.3, 0.4) is 0 Å². The summed E-state index contributed by atoms with van der Waals surface area (Å²) in [6.45, 7) is 3.20. The molecule has 0 heterocycles. The molecule has 4 nitrogen and oxygen atoms in total. The second kappa shape index (κ2) is 11.1. The van der Waals surface area contributed by atoms with Crippen molar-refractivity contribution in [2.24, 2.45) is 0 Å². The molecule has 0 saturated carbocycles. The van der Waals surface area contributed by atoms with Crippen molar-refractivity contribution in [2.45, 2.75) is 25.8 Å². The number of hydrogen-bond donors (Lipinski definition) is 2. The van der Waals surface area contributed by atoms with E-state index in [1.165, 1.54) is 0 Å². The molecule has 0 fully saturated rings. The van der Waals surface area contributed by atoms with Crippen LogP contribution >= 0.6 is 15.9 Å². The number of benzene rings is 1. The Labute approximate surface area is 129 Å². The lowest BCUT2D eigenvalue weighted by Crippen LogP contribution is -2.19. The van der Waals surface area contributed by atoms with Gasteiger partial charge in [0.25, 0.3) is 0 Å². The molecular weight excluding hydrogens is 322 g/mol. The zero-order chi connectivity index (χ0) is 14.6. The topological polar surface area (TPSA) is 50.7 Å². The van der Waals surface area contributed by atoms with Crippen molar-refractivity contribution in [1.29, 1.82) is 0 Å². The van der Waals surface area contributed by atoms with E-state index in [1.807, 2.05) is 12.1 Å². The fourth-order valence-electron chi connectivity index (χ4n) is 1.82. The number of ether oxygens (including phenoxy) is 2. The Balaban J connectivity index is 2.45. The summed E-state index contributed by atoms with van der Waals surface area (Å²) in [5.41, 5.74) is 1.14. The van der Waals surface area contributed by atoms with Gasteiger partial charge in [-0.3, -0.25) is 0 Å². The highest BCUT2D eigenvalue weighted by Crippen LogP contribution is 2.29. The standard InChI is InChI=1S/C15H24BrNO3/c1-19-11-8-17-12-13-6-5-7-14(16)15(13)20-10-4-2-3-9-18/h5-7,17-18H,2-4,8-12H2,1H3. The van der Waals surface area contributed by atoms with Crippen LogP contribution in [0.4, 0.5) is 0 Å². The minimum Gasteiger partial charge on any atom is -0.492 e. The Morgan fingerprint density at radius 3 is 2.80 bits per heavy atom. The summed E-state index contributed by atoms with van der Waals surface area (Å²) in [7, 11) is 1.70. The smallest absolute Gasteiger partial charge is 0.137 e. The minimum absolute atomic E-state index is 0.254. The summed E-state index contributed by atoms with van der Waals surface area (Å²) in [5, 5.41) is 12.1. The van der Waals surface area contributed by atoms with E-state index in [0.717, 1.165) is 48.1 Å². The van der Waals surface area contributed by atoms with Crippen LogP contribution in [0.25, 0.3) is 0 Å². The predicted octanol–water partition coefficient (Wildman–Crippen LogP) is 2.73. The summed E-state index contributed by atoms with van der Waals surface area (Å²) < 4.78 is 11.9. The SMILES string of the molecule is COCCNCc1cccc(Br)c1OCCCCCO. The van der Waals surface area contributed by atoms with Crippen molar-refractivity contribution < 1.29 is 14.6 Å². The van der Waals surface area contributed by atoms with E-state index >= 15 is 0 Å². The van der Waals surface area contributed by atoms with Gasteiger partial charge >= 0.3 is 0 Å². The molecule has 5 heteroatoms. The molecular formula is C15H24BrNO3. The van der Waals surface area contributed by atoms with Gasteiger partial charge in [0.1, 0.15) is 5.75 Å². The molecule has 1 aromatic carbocycles. The number of aliphatic hydroxyl groups is 1. The van der Waals surface area contributed by atoms with E-state index in [9.17, 15) is 0 Å². The maximum Gasteiger partial charge on any atom is 0.137 e. The second-order valence-corrected chi connectivity index (χ2v) is 5.38. The summed E-state index contributed by atoms with van der Waals surface area (Å²) in [5.74, 6) is 0.904. The normalized spacial score (nSPS) is 10.8. The van der Waals surface area contributed by atoms with Gasteiger partial charge in [-0.15, -0.1) is 0 Å². The third-order valence-corrected chi connectivity index (χ3v) is 3.52. The predicted molar refractivity (Wildman–Crippen MR) is 84.2 cm³/mol. The number of unbranched alkanes of at least 4 members (excludes halogenated alkanes) is 2. The molecule has 0 aliphatic heterocycles. The lowest BCUT2D eigenvalue weighted by atomic mass is 10.2. The number of nitrogens with one attached hydrogen (secondary N) is 1. The van der Waals surface area contributed by atoms with Crippen LogP contribution in [0, 0.1) is 0 Å². The fourth-order valence-corrected chi connectivity index (χ4v) is 2.34. The van der Waals surface area contributed by atoms with E-state index in [-0.39, 0.29) is 6.61 Å². The second-order valence-electron chi connectivity index (χ2n) is 4.53. The first-order chi connectivity index (χ1) is 9.79. The van der Waals surface area contributed by atoms with Gasteiger partial charge in [-0.2, -0.15) is 0 Å². The monoisotopic (exact) mass is 345 g/mol.